The Morgan fingerprint density at radius 2 is 2.18 bits per heavy atom. The zero-order chi connectivity index (χ0) is 16.4. The summed E-state index contributed by atoms with van der Waals surface area (Å²) < 4.78 is 39.7. The van der Waals surface area contributed by atoms with Gasteiger partial charge >= 0.3 is 6.18 Å². The number of aliphatic hydroxyl groups is 1. The van der Waals surface area contributed by atoms with Crippen LogP contribution in [0.3, 0.4) is 0 Å². The van der Waals surface area contributed by atoms with Gasteiger partial charge in [-0.05, 0) is 25.0 Å². The summed E-state index contributed by atoms with van der Waals surface area (Å²) in [5, 5.41) is 13.9. The van der Waals surface area contributed by atoms with E-state index in [-0.39, 0.29) is 16.4 Å². The van der Waals surface area contributed by atoms with E-state index >= 15 is 0 Å². The number of hydrogen-bond acceptors (Lipinski definition) is 4. The Labute approximate surface area is 125 Å². The van der Waals surface area contributed by atoms with E-state index in [4.69, 9.17) is 0 Å². The Balaban J connectivity index is 2.34. The van der Waals surface area contributed by atoms with Crippen molar-refractivity contribution in [2.75, 3.05) is 0 Å². The minimum absolute atomic E-state index is 0.111. The Bertz CT molecular complexity index is 574. The maximum atomic E-state index is 13.2. The molecule has 0 aliphatic carbocycles. The van der Waals surface area contributed by atoms with E-state index in [1.54, 1.807) is 0 Å². The van der Waals surface area contributed by atoms with Crippen LogP contribution in [-0.4, -0.2) is 38.6 Å². The minimum Gasteiger partial charge on any atom is -0.362 e. The lowest BCUT2D eigenvalue weighted by atomic mass is 10.0. The first-order valence-corrected chi connectivity index (χ1v) is 6.90. The molecular weight excluding hydrogens is 299 g/mol. The Kier molecular flexibility index (Phi) is 4.50. The summed E-state index contributed by atoms with van der Waals surface area (Å²) in [6, 6.07) is 4.29. The highest BCUT2D eigenvalue weighted by atomic mass is 19.4. The molecule has 1 unspecified atom stereocenters. The number of rotatable bonds is 4. The van der Waals surface area contributed by atoms with Crippen molar-refractivity contribution in [3.8, 4) is 0 Å². The molecule has 2 rings (SSSR count). The summed E-state index contributed by atoms with van der Waals surface area (Å²) in [5.74, 6) is -1.08. The van der Waals surface area contributed by atoms with Gasteiger partial charge in [-0.1, -0.05) is 19.4 Å². The number of aromatic nitrogens is 1. The SMILES string of the molecule is CCCCC1=NN(C(=O)c2ccccn2)C(O)(C(F)(F)F)C1. The second kappa shape index (κ2) is 6.04. The van der Waals surface area contributed by atoms with E-state index in [1.165, 1.54) is 24.4 Å². The molecule has 0 aromatic carbocycles. The third kappa shape index (κ3) is 2.96. The van der Waals surface area contributed by atoms with Crippen molar-refractivity contribution in [2.24, 2.45) is 5.10 Å². The molecule has 8 heteroatoms. The van der Waals surface area contributed by atoms with Crippen LogP contribution in [0.25, 0.3) is 0 Å². The Morgan fingerprint density at radius 1 is 1.45 bits per heavy atom. The predicted octanol–water partition coefficient (Wildman–Crippen LogP) is 2.72. The summed E-state index contributed by atoms with van der Waals surface area (Å²) in [6.45, 7) is 1.89. The van der Waals surface area contributed by atoms with Crippen LogP contribution in [0, 0.1) is 0 Å². The number of nitrogens with zero attached hydrogens (tertiary/aromatic N) is 3. The topological polar surface area (TPSA) is 65.8 Å². The molecule has 2 heterocycles. The van der Waals surface area contributed by atoms with Crippen LogP contribution in [0.1, 0.15) is 43.1 Å². The van der Waals surface area contributed by atoms with Crippen LogP contribution >= 0.6 is 0 Å². The van der Waals surface area contributed by atoms with Crippen molar-refractivity contribution in [3.63, 3.8) is 0 Å². The van der Waals surface area contributed by atoms with Crippen molar-refractivity contribution in [3.05, 3.63) is 30.1 Å². The molecule has 0 bridgehead atoms. The van der Waals surface area contributed by atoms with Gasteiger partial charge in [0.25, 0.3) is 11.6 Å². The van der Waals surface area contributed by atoms with Crippen LogP contribution in [0.2, 0.25) is 0 Å². The zero-order valence-corrected chi connectivity index (χ0v) is 12.0. The zero-order valence-electron chi connectivity index (χ0n) is 12.0. The number of halogens is 3. The molecule has 1 aromatic rings. The molecule has 22 heavy (non-hydrogen) atoms. The van der Waals surface area contributed by atoms with Crippen molar-refractivity contribution in [1.29, 1.82) is 0 Å². The Hall–Kier alpha value is -1.96. The second-order valence-electron chi connectivity index (χ2n) is 5.09. The molecule has 0 saturated heterocycles. The largest absolute Gasteiger partial charge is 0.438 e. The maximum Gasteiger partial charge on any atom is 0.438 e. The van der Waals surface area contributed by atoms with Gasteiger partial charge in [-0.3, -0.25) is 9.78 Å². The van der Waals surface area contributed by atoms with Crippen molar-refractivity contribution in [2.45, 2.75) is 44.5 Å². The fraction of sp³-hybridized carbons (Fsp3) is 0.500. The summed E-state index contributed by atoms with van der Waals surface area (Å²) >= 11 is 0. The lowest BCUT2D eigenvalue weighted by Gasteiger charge is -2.32. The summed E-state index contributed by atoms with van der Waals surface area (Å²) in [6.07, 6.45) is -2.72. The summed E-state index contributed by atoms with van der Waals surface area (Å²) in [5.41, 5.74) is -3.36. The molecule has 0 radical (unpaired) electrons. The van der Waals surface area contributed by atoms with Gasteiger partial charge in [-0.15, -0.1) is 0 Å². The Morgan fingerprint density at radius 3 is 2.73 bits per heavy atom. The highest BCUT2D eigenvalue weighted by Gasteiger charge is 2.63. The predicted molar refractivity (Wildman–Crippen MR) is 73.0 cm³/mol. The highest BCUT2D eigenvalue weighted by Crippen LogP contribution is 2.41. The van der Waals surface area contributed by atoms with Gasteiger partial charge in [0.1, 0.15) is 5.69 Å². The van der Waals surface area contributed by atoms with Crippen molar-refractivity contribution >= 4 is 11.6 Å². The van der Waals surface area contributed by atoms with Gasteiger partial charge in [-0.2, -0.15) is 23.3 Å². The number of alkyl halides is 3. The van der Waals surface area contributed by atoms with Gasteiger partial charge in [0.15, 0.2) is 0 Å². The molecule has 1 aliphatic heterocycles. The molecule has 5 nitrogen and oxygen atoms in total. The second-order valence-corrected chi connectivity index (χ2v) is 5.09. The fourth-order valence-corrected chi connectivity index (χ4v) is 2.17. The molecule has 0 fully saturated rings. The highest BCUT2D eigenvalue weighted by molar-refractivity contribution is 5.97. The van der Waals surface area contributed by atoms with Crippen molar-refractivity contribution < 1.29 is 23.1 Å². The molecule has 120 valence electrons. The molecule has 1 aromatic heterocycles. The number of hydrogen-bond donors (Lipinski definition) is 1. The van der Waals surface area contributed by atoms with E-state index in [0.29, 0.717) is 12.8 Å². The third-order valence-electron chi connectivity index (χ3n) is 3.39. The van der Waals surface area contributed by atoms with Gasteiger partial charge in [-0.25, -0.2) is 0 Å². The first-order chi connectivity index (χ1) is 10.3. The number of unbranched alkanes of at least 4 members (excludes halogenated alkanes) is 1. The quantitative estimate of drug-likeness (QED) is 0.929. The smallest absolute Gasteiger partial charge is 0.362 e. The van der Waals surface area contributed by atoms with Crippen LogP contribution < -0.4 is 0 Å². The monoisotopic (exact) mass is 315 g/mol. The van der Waals surface area contributed by atoms with Gasteiger partial charge < -0.3 is 5.11 Å². The van der Waals surface area contributed by atoms with E-state index in [2.05, 4.69) is 10.1 Å². The van der Waals surface area contributed by atoms with E-state index in [0.717, 1.165) is 6.42 Å². The lowest BCUT2D eigenvalue weighted by molar-refractivity contribution is -0.297. The van der Waals surface area contributed by atoms with Crippen LogP contribution in [0.4, 0.5) is 13.2 Å². The summed E-state index contributed by atoms with van der Waals surface area (Å²) in [4.78, 5) is 15.9. The van der Waals surface area contributed by atoms with Crippen LogP contribution in [0.15, 0.2) is 29.5 Å². The van der Waals surface area contributed by atoms with Gasteiger partial charge in [0.05, 0.1) is 0 Å². The van der Waals surface area contributed by atoms with E-state index in [9.17, 15) is 23.1 Å². The molecule has 1 atom stereocenters. The first kappa shape index (κ1) is 16.4. The molecular formula is C14H16F3N3O2. The van der Waals surface area contributed by atoms with E-state index in [1.807, 2.05) is 6.92 Å². The van der Waals surface area contributed by atoms with Crippen LogP contribution in [0.5, 0.6) is 0 Å². The fourth-order valence-electron chi connectivity index (χ4n) is 2.17. The number of amides is 1. The van der Waals surface area contributed by atoms with Crippen LogP contribution in [-0.2, 0) is 0 Å². The standard InChI is InChI=1S/C14H16F3N3O2/c1-2-3-6-10-9-13(22,14(15,16)17)20(19-10)12(21)11-7-4-5-8-18-11/h4-5,7-8,22H,2-3,6,9H2,1H3. The average Bonchev–Trinajstić information content (AvgIpc) is 2.83. The maximum absolute atomic E-state index is 13.2. The molecule has 0 saturated carbocycles. The number of pyridine rings is 1. The average molecular weight is 315 g/mol. The molecule has 1 aliphatic rings. The third-order valence-corrected chi connectivity index (χ3v) is 3.39. The lowest BCUT2D eigenvalue weighted by Crippen LogP contribution is -2.56. The van der Waals surface area contributed by atoms with Gasteiger partial charge in [0, 0.05) is 18.3 Å². The molecule has 1 amide bonds. The van der Waals surface area contributed by atoms with Crippen molar-refractivity contribution in [1.82, 2.24) is 9.99 Å². The summed E-state index contributed by atoms with van der Waals surface area (Å²) in [7, 11) is 0. The number of hydrazone groups is 1. The van der Waals surface area contributed by atoms with Gasteiger partial charge in [0.2, 0.25) is 0 Å². The molecule has 1 N–H and O–H groups in total. The molecule has 0 spiro atoms. The van der Waals surface area contributed by atoms with E-state index < -0.39 is 24.2 Å². The minimum atomic E-state index is -5.01. The number of carbonyl (C=O) groups excluding carboxylic acids is 1. The normalized spacial score (nSPS) is 21.9. The number of carbonyl (C=O) groups is 1. The first-order valence-electron chi connectivity index (χ1n) is 6.90.